The highest BCUT2D eigenvalue weighted by Crippen LogP contribution is 2.24. The molecule has 0 aliphatic heterocycles. The molecule has 1 heterocycles. The minimum atomic E-state index is -0.0371. The van der Waals surface area contributed by atoms with Crippen molar-refractivity contribution in [1.29, 1.82) is 0 Å². The number of anilines is 1. The Kier molecular flexibility index (Phi) is 8.38. The lowest BCUT2D eigenvalue weighted by molar-refractivity contribution is 0.0949. The first-order chi connectivity index (χ1) is 12.9. The van der Waals surface area contributed by atoms with Crippen LogP contribution in [0.4, 0.5) is 5.82 Å². The van der Waals surface area contributed by atoms with Gasteiger partial charge in [-0.2, -0.15) is 0 Å². The maximum absolute atomic E-state index is 12.1. The predicted octanol–water partition coefficient (Wildman–Crippen LogP) is 4.65. The normalized spacial score (nSPS) is 10.9. The zero-order chi connectivity index (χ0) is 19.8. The number of aromatic nitrogens is 2. The number of hydrogen-bond acceptors (Lipinski definition) is 5. The van der Waals surface area contributed by atoms with Gasteiger partial charge < -0.3 is 10.2 Å². The summed E-state index contributed by atoms with van der Waals surface area (Å²) in [4.78, 5) is 23.1. The number of halogens is 1. The van der Waals surface area contributed by atoms with E-state index in [9.17, 15) is 4.79 Å². The Bertz CT molecular complexity index is 748. The van der Waals surface area contributed by atoms with Crippen LogP contribution in [0.5, 0.6) is 0 Å². The lowest BCUT2D eigenvalue weighted by atomic mass is 10.1. The molecule has 27 heavy (non-hydrogen) atoms. The zero-order valence-corrected chi connectivity index (χ0v) is 17.9. The summed E-state index contributed by atoms with van der Waals surface area (Å²) in [6.45, 7) is 10.7. The first kappa shape index (κ1) is 21.5. The van der Waals surface area contributed by atoms with Crippen molar-refractivity contribution in [3.63, 3.8) is 0 Å². The standard InChI is InChI=1S/C20H27ClN4OS/c1-5-25(6-2)18-11-17(21)23-20(24-18)27-13-15-7-9-16(10-8-15)19(26)22-12-14(3)4/h7-11,14H,5-6,12-13H2,1-4H3,(H,22,26). The van der Waals surface area contributed by atoms with Gasteiger partial charge in [-0.15, -0.1) is 0 Å². The molecule has 1 aromatic carbocycles. The number of rotatable bonds is 9. The van der Waals surface area contributed by atoms with Gasteiger partial charge in [-0.3, -0.25) is 4.79 Å². The molecule has 0 aliphatic rings. The van der Waals surface area contributed by atoms with E-state index in [1.54, 1.807) is 6.07 Å². The van der Waals surface area contributed by atoms with Gasteiger partial charge >= 0.3 is 0 Å². The predicted molar refractivity (Wildman–Crippen MR) is 114 cm³/mol. The van der Waals surface area contributed by atoms with Gasteiger partial charge in [0.15, 0.2) is 5.16 Å². The molecule has 7 heteroatoms. The van der Waals surface area contributed by atoms with Gasteiger partial charge in [-0.25, -0.2) is 9.97 Å². The Hall–Kier alpha value is -1.79. The quantitative estimate of drug-likeness (QED) is 0.373. The Morgan fingerprint density at radius 3 is 2.44 bits per heavy atom. The Morgan fingerprint density at radius 1 is 1.19 bits per heavy atom. The number of thioether (sulfide) groups is 1. The van der Waals surface area contributed by atoms with Gasteiger partial charge in [0.2, 0.25) is 0 Å². The summed E-state index contributed by atoms with van der Waals surface area (Å²) < 4.78 is 0. The smallest absolute Gasteiger partial charge is 0.251 e. The molecule has 5 nitrogen and oxygen atoms in total. The van der Waals surface area contributed by atoms with E-state index in [-0.39, 0.29) is 5.91 Å². The molecule has 0 atom stereocenters. The van der Waals surface area contributed by atoms with Crippen molar-refractivity contribution in [2.24, 2.45) is 5.92 Å². The Labute approximate surface area is 170 Å². The maximum atomic E-state index is 12.1. The summed E-state index contributed by atoms with van der Waals surface area (Å²) >= 11 is 7.70. The molecule has 1 N–H and O–H groups in total. The van der Waals surface area contributed by atoms with Crippen molar-refractivity contribution in [2.45, 2.75) is 38.6 Å². The second kappa shape index (κ2) is 10.5. The summed E-state index contributed by atoms with van der Waals surface area (Å²) in [5, 5.41) is 4.03. The lowest BCUT2D eigenvalue weighted by Crippen LogP contribution is -2.27. The van der Waals surface area contributed by atoms with Crippen LogP contribution in [0.3, 0.4) is 0 Å². The summed E-state index contributed by atoms with van der Waals surface area (Å²) in [5.41, 5.74) is 1.78. The molecule has 1 aromatic heterocycles. The van der Waals surface area contributed by atoms with Gasteiger partial charge in [0.1, 0.15) is 11.0 Å². The highest BCUT2D eigenvalue weighted by molar-refractivity contribution is 7.98. The van der Waals surface area contributed by atoms with Gasteiger partial charge in [0.25, 0.3) is 5.91 Å². The van der Waals surface area contributed by atoms with Crippen LogP contribution < -0.4 is 10.2 Å². The van der Waals surface area contributed by atoms with Crippen molar-refractivity contribution in [3.8, 4) is 0 Å². The van der Waals surface area contributed by atoms with E-state index in [0.717, 1.165) is 24.5 Å². The molecule has 0 unspecified atom stereocenters. The van der Waals surface area contributed by atoms with E-state index in [1.165, 1.54) is 11.8 Å². The van der Waals surface area contributed by atoms with Crippen LogP contribution in [0, 0.1) is 5.92 Å². The highest BCUT2D eigenvalue weighted by Gasteiger charge is 2.10. The minimum absolute atomic E-state index is 0.0371. The number of nitrogens with one attached hydrogen (secondary N) is 1. The van der Waals surface area contributed by atoms with Gasteiger partial charge in [-0.1, -0.05) is 49.3 Å². The van der Waals surface area contributed by atoms with Gasteiger partial charge in [0, 0.05) is 37.0 Å². The number of nitrogens with zero attached hydrogens (tertiary/aromatic N) is 3. The van der Waals surface area contributed by atoms with Crippen molar-refractivity contribution in [1.82, 2.24) is 15.3 Å². The minimum Gasteiger partial charge on any atom is -0.357 e. The third-order valence-corrected chi connectivity index (χ3v) is 5.12. The van der Waals surface area contributed by atoms with Crippen LogP contribution in [-0.2, 0) is 5.75 Å². The summed E-state index contributed by atoms with van der Waals surface area (Å²) in [6.07, 6.45) is 0. The van der Waals surface area contributed by atoms with E-state index in [0.29, 0.717) is 34.1 Å². The van der Waals surface area contributed by atoms with E-state index in [1.807, 2.05) is 24.3 Å². The number of carbonyl (C=O) groups is 1. The van der Waals surface area contributed by atoms with E-state index < -0.39 is 0 Å². The monoisotopic (exact) mass is 406 g/mol. The molecule has 0 fully saturated rings. The summed E-state index contributed by atoms with van der Waals surface area (Å²) in [6, 6.07) is 9.43. The molecular weight excluding hydrogens is 380 g/mol. The van der Waals surface area contributed by atoms with Crippen molar-refractivity contribution < 1.29 is 4.79 Å². The van der Waals surface area contributed by atoms with Crippen LogP contribution >= 0.6 is 23.4 Å². The topological polar surface area (TPSA) is 58.1 Å². The third-order valence-electron chi connectivity index (χ3n) is 4.00. The fraction of sp³-hybridized carbons (Fsp3) is 0.450. The Balaban J connectivity index is 1.99. The molecule has 0 saturated heterocycles. The fourth-order valence-corrected chi connectivity index (χ4v) is 3.50. The molecule has 1 amide bonds. The summed E-state index contributed by atoms with van der Waals surface area (Å²) in [7, 11) is 0. The fourth-order valence-electron chi connectivity index (χ4n) is 2.46. The first-order valence-corrected chi connectivity index (χ1v) is 10.6. The molecule has 2 aromatic rings. The molecular formula is C20H27ClN4OS. The highest BCUT2D eigenvalue weighted by atomic mass is 35.5. The lowest BCUT2D eigenvalue weighted by Gasteiger charge is -2.20. The second-order valence-corrected chi connectivity index (χ2v) is 7.92. The van der Waals surface area contributed by atoms with Crippen molar-refractivity contribution >= 4 is 35.1 Å². The SMILES string of the molecule is CCN(CC)c1cc(Cl)nc(SCc2ccc(C(=O)NCC(C)C)cc2)n1. The number of carbonyl (C=O) groups excluding carboxylic acids is 1. The number of amides is 1. The van der Waals surface area contributed by atoms with Crippen LogP contribution in [0.15, 0.2) is 35.5 Å². The van der Waals surface area contributed by atoms with Crippen LogP contribution in [0.1, 0.15) is 43.6 Å². The maximum Gasteiger partial charge on any atom is 0.251 e. The largest absolute Gasteiger partial charge is 0.357 e. The zero-order valence-electron chi connectivity index (χ0n) is 16.3. The second-order valence-electron chi connectivity index (χ2n) is 6.59. The van der Waals surface area contributed by atoms with Crippen LogP contribution in [0.25, 0.3) is 0 Å². The van der Waals surface area contributed by atoms with E-state index >= 15 is 0 Å². The van der Waals surface area contributed by atoms with Crippen molar-refractivity contribution in [3.05, 3.63) is 46.6 Å². The molecule has 0 aliphatic carbocycles. The van der Waals surface area contributed by atoms with Crippen LogP contribution in [-0.4, -0.2) is 35.5 Å². The molecule has 0 spiro atoms. The van der Waals surface area contributed by atoms with Gasteiger partial charge in [0.05, 0.1) is 0 Å². The van der Waals surface area contributed by atoms with E-state index in [2.05, 4.69) is 47.9 Å². The number of benzene rings is 1. The average Bonchev–Trinajstić information content (AvgIpc) is 2.65. The van der Waals surface area contributed by atoms with E-state index in [4.69, 9.17) is 11.6 Å². The van der Waals surface area contributed by atoms with Gasteiger partial charge in [-0.05, 0) is 37.5 Å². The molecule has 2 rings (SSSR count). The average molecular weight is 407 g/mol. The number of hydrogen-bond donors (Lipinski definition) is 1. The molecule has 146 valence electrons. The third kappa shape index (κ3) is 6.70. The summed E-state index contributed by atoms with van der Waals surface area (Å²) in [5.74, 6) is 1.96. The molecule has 0 saturated carbocycles. The van der Waals surface area contributed by atoms with Crippen LogP contribution in [0.2, 0.25) is 5.15 Å². The van der Waals surface area contributed by atoms with Crippen molar-refractivity contribution in [2.75, 3.05) is 24.5 Å². The first-order valence-electron chi connectivity index (χ1n) is 9.22. The molecule has 0 bridgehead atoms. The Morgan fingerprint density at radius 2 is 1.85 bits per heavy atom. The molecule has 0 radical (unpaired) electrons.